The van der Waals surface area contributed by atoms with Gasteiger partial charge in [-0.3, -0.25) is 14.4 Å². The summed E-state index contributed by atoms with van der Waals surface area (Å²) in [6.07, 6.45) is 4.32. The molecule has 0 bridgehead atoms. The van der Waals surface area contributed by atoms with E-state index in [-0.39, 0.29) is 5.91 Å². The van der Waals surface area contributed by atoms with Crippen LogP contribution in [0, 0.1) is 0 Å². The first-order valence-corrected chi connectivity index (χ1v) is 6.41. The third-order valence-electron chi connectivity index (χ3n) is 3.28. The van der Waals surface area contributed by atoms with Crippen LogP contribution in [-0.4, -0.2) is 41.8 Å². The summed E-state index contributed by atoms with van der Waals surface area (Å²) in [5.74, 6) is -0.668. The van der Waals surface area contributed by atoms with Crippen molar-refractivity contribution in [3.8, 4) is 0 Å². The average Bonchev–Trinajstić information content (AvgIpc) is 2.82. The lowest BCUT2D eigenvalue weighted by Gasteiger charge is -2.26. The van der Waals surface area contributed by atoms with Gasteiger partial charge in [0.25, 0.3) is 0 Å². The van der Waals surface area contributed by atoms with Crippen molar-refractivity contribution in [2.75, 3.05) is 6.54 Å². The Kier molecular flexibility index (Phi) is 5.61. The van der Waals surface area contributed by atoms with Crippen LogP contribution in [-0.2, 0) is 14.4 Å². The lowest BCUT2D eigenvalue weighted by molar-refractivity contribution is -0.139. The molecule has 0 aromatic rings. The van der Waals surface area contributed by atoms with Crippen LogP contribution in [0.25, 0.3) is 0 Å². The highest BCUT2D eigenvalue weighted by molar-refractivity contribution is 5.90. The quantitative estimate of drug-likeness (QED) is 0.615. The minimum atomic E-state index is -0.539. The van der Waals surface area contributed by atoms with Gasteiger partial charge in [-0.1, -0.05) is 19.8 Å². The number of unbranched alkanes of at least 4 members (excludes halogenated alkanes) is 1. The summed E-state index contributed by atoms with van der Waals surface area (Å²) in [5.41, 5.74) is 5.28. The van der Waals surface area contributed by atoms with Gasteiger partial charge in [0, 0.05) is 6.54 Å². The van der Waals surface area contributed by atoms with Crippen LogP contribution in [0.1, 0.15) is 39.0 Å². The van der Waals surface area contributed by atoms with E-state index in [9.17, 15) is 14.4 Å². The molecule has 18 heavy (non-hydrogen) atoms. The van der Waals surface area contributed by atoms with Gasteiger partial charge in [-0.05, 0) is 19.3 Å². The number of amides is 3. The van der Waals surface area contributed by atoms with Gasteiger partial charge in [-0.25, -0.2) is 0 Å². The summed E-state index contributed by atoms with van der Waals surface area (Å²) in [7, 11) is 0. The predicted octanol–water partition coefficient (Wildman–Crippen LogP) is -0.232. The summed E-state index contributed by atoms with van der Waals surface area (Å²) in [4.78, 5) is 35.5. The Morgan fingerprint density at radius 3 is 2.83 bits per heavy atom. The van der Waals surface area contributed by atoms with Crippen LogP contribution < -0.4 is 11.1 Å². The van der Waals surface area contributed by atoms with Crippen molar-refractivity contribution < 1.29 is 14.4 Å². The molecule has 102 valence electrons. The van der Waals surface area contributed by atoms with Crippen molar-refractivity contribution in [1.82, 2.24) is 10.2 Å². The summed E-state index contributed by atoms with van der Waals surface area (Å²) >= 11 is 0. The van der Waals surface area contributed by atoms with Gasteiger partial charge in [-0.15, -0.1) is 0 Å². The number of hydrogen-bond donors (Lipinski definition) is 2. The van der Waals surface area contributed by atoms with Crippen molar-refractivity contribution in [3.05, 3.63) is 0 Å². The molecule has 1 heterocycles. The van der Waals surface area contributed by atoms with Crippen LogP contribution >= 0.6 is 0 Å². The molecule has 0 unspecified atom stereocenters. The molecule has 0 aromatic heterocycles. The zero-order chi connectivity index (χ0) is 13.5. The predicted molar refractivity (Wildman–Crippen MR) is 66.4 cm³/mol. The summed E-state index contributed by atoms with van der Waals surface area (Å²) in [6, 6.07) is -1.06. The molecule has 0 radical (unpaired) electrons. The number of likely N-dealkylation sites (tertiary alicyclic amines) is 1. The Morgan fingerprint density at radius 2 is 2.28 bits per heavy atom. The van der Waals surface area contributed by atoms with Gasteiger partial charge in [0.1, 0.15) is 12.1 Å². The Hall–Kier alpha value is -1.59. The van der Waals surface area contributed by atoms with E-state index in [1.54, 1.807) is 0 Å². The fourth-order valence-corrected chi connectivity index (χ4v) is 2.29. The number of carbonyl (C=O) groups is 3. The van der Waals surface area contributed by atoms with Crippen molar-refractivity contribution in [3.63, 3.8) is 0 Å². The number of nitrogens with two attached hydrogens (primary N) is 1. The van der Waals surface area contributed by atoms with E-state index in [0.717, 1.165) is 19.3 Å². The zero-order valence-electron chi connectivity index (χ0n) is 10.7. The molecular formula is C12H21N3O3. The van der Waals surface area contributed by atoms with Gasteiger partial charge < -0.3 is 16.0 Å². The number of nitrogens with zero attached hydrogens (tertiary/aromatic N) is 1. The summed E-state index contributed by atoms with van der Waals surface area (Å²) in [5, 5.41) is 2.53. The molecule has 2 atom stereocenters. The standard InChI is InChI=1S/C12H21N3O3/c1-2-3-5-9(14-8-16)12(18)15-7-4-6-10(15)11(13)17/h8-10H,2-7H2,1H3,(H2,13,17)(H,14,16)/t9-,10-/m0/s1. The maximum atomic E-state index is 12.3. The molecule has 1 fully saturated rings. The molecule has 3 amide bonds. The van der Waals surface area contributed by atoms with Crippen LogP contribution in [0.4, 0.5) is 0 Å². The van der Waals surface area contributed by atoms with E-state index in [0.29, 0.717) is 25.8 Å². The fraction of sp³-hybridized carbons (Fsp3) is 0.750. The Morgan fingerprint density at radius 1 is 1.56 bits per heavy atom. The second-order valence-electron chi connectivity index (χ2n) is 4.57. The van der Waals surface area contributed by atoms with Crippen molar-refractivity contribution in [1.29, 1.82) is 0 Å². The number of rotatable bonds is 7. The molecule has 0 spiro atoms. The van der Waals surface area contributed by atoms with Crippen LogP contribution in [0.2, 0.25) is 0 Å². The van der Waals surface area contributed by atoms with Gasteiger partial charge in [0.15, 0.2) is 0 Å². The monoisotopic (exact) mass is 255 g/mol. The molecule has 0 saturated carbocycles. The third kappa shape index (κ3) is 3.45. The summed E-state index contributed by atoms with van der Waals surface area (Å²) < 4.78 is 0. The first-order valence-electron chi connectivity index (χ1n) is 6.41. The van der Waals surface area contributed by atoms with Crippen LogP contribution in [0.15, 0.2) is 0 Å². The molecular weight excluding hydrogens is 234 g/mol. The number of primary amides is 1. The lowest BCUT2D eigenvalue weighted by Crippen LogP contribution is -2.51. The fourth-order valence-electron chi connectivity index (χ4n) is 2.29. The smallest absolute Gasteiger partial charge is 0.245 e. The third-order valence-corrected chi connectivity index (χ3v) is 3.28. The van der Waals surface area contributed by atoms with Crippen LogP contribution in [0.5, 0.6) is 0 Å². The molecule has 6 nitrogen and oxygen atoms in total. The molecule has 6 heteroatoms. The number of hydrogen-bond acceptors (Lipinski definition) is 3. The van der Waals surface area contributed by atoms with Crippen molar-refractivity contribution in [2.24, 2.45) is 5.73 Å². The average molecular weight is 255 g/mol. The maximum Gasteiger partial charge on any atom is 0.245 e. The van der Waals surface area contributed by atoms with Gasteiger partial charge in [0.05, 0.1) is 0 Å². The van der Waals surface area contributed by atoms with Gasteiger partial charge in [0.2, 0.25) is 18.2 Å². The largest absolute Gasteiger partial charge is 0.368 e. The normalized spacial score (nSPS) is 20.5. The highest BCUT2D eigenvalue weighted by atomic mass is 16.2. The van der Waals surface area contributed by atoms with E-state index in [2.05, 4.69) is 5.32 Å². The highest BCUT2D eigenvalue weighted by Gasteiger charge is 2.35. The molecule has 3 N–H and O–H groups in total. The molecule has 1 aliphatic rings. The maximum absolute atomic E-state index is 12.3. The van der Waals surface area contributed by atoms with E-state index in [1.807, 2.05) is 6.92 Å². The van der Waals surface area contributed by atoms with E-state index < -0.39 is 18.0 Å². The van der Waals surface area contributed by atoms with E-state index in [4.69, 9.17) is 5.73 Å². The Bertz CT molecular complexity index is 320. The van der Waals surface area contributed by atoms with E-state index >= 15 is 0 Å². The first kappa shape index (κ1) is 14.5. The second kappa shape index (κ2) is 6.98. The van der Waals surface area contributed by atoms with Crippen LogP contribution in [0.3, 0.4) is 0 Å². The highest BCUT2D eigenvalue weighted by Crippen LogP contribution is 2.19. The summed E-state index contributed by atoms with van der Waals surface area (Å²) in [6.45, 7) is 2.56. The first-order chi connectivity index (χ1) is 8.61. The molecule has 0 aromatic carbocycles. The van der Waals surface area contributed by atoms with Gasteiger partial charge >= 0.3 is 0 Å². The minimum Gasteiger partial charge on any atom is -0.368 e. The van der Waals surface area contributed by atoms with E-state index in [1.165, 1.54) is 4.90 Å². The Balaban J connectivity index is 2.68. The molecule has 1 aliphatic heterocycles. The molecule has 1 rings (SSSR count). The second-order valence-corrected chi connectivity index (χ2v) is 4.57. The number of nitrogens with one attached hydrogen (secondary N) is 1. The topological polar surface area (TPSA) is 92.5 Å². The number of carbonyl (C=O) groups excluding carboxylic acids is 3. The molecule has 0 aliphatic carbocycles. The Labute approximate surface area is 107 Å². The van der Waals surface area contributed by atoms with Crippen molar-refractivity contribution >= 4 is 18.2 Å². The van der Waals surface area contributed by atoms with Gasteiger partial charge in [-0.2, -0.15) is 0 Å². The minimum absolute atomic E-state index is 0.197. The lowest BCUT2D eigenvalue weighted by atomic mass is 10.1. The van der Waals surface area contributed by atoms with Crippen molar-refractivity contribution in [2.45, 2.75) is 51.1 Å². The SMILES string of the molecule is CCCC[C@H](NC=O)C(=O)N1CCC[C@H]1C(N)=O. The molecule has 1 saturated heterocycles. The zero-order valence-corrected chi connectivity index (χ0v) is 10.7.